The Labute approximate surface area is 346 Å². The second-order valence-electron chi connectivity index (χ2n) is 16.9. The summed E-state index contributed by atoms with van der Waals surface area (Å²) in [6.45, 7) is 4.52. The highest BCUT2D eigenvalue weighted by Crippen LogP contribution is 2.47. The molecular weight excluding hydrogens is 733 g/mol. The first-order chi connectivity index (χ1) is 29.7. The van der Waals surface area contributed by atoms with Gasteiger partial charge in [0.05, 0.1) is 38.7 Å². The number of aryl methyl sites for hydroxylation is 2. The quantitative estimate of drug-likeness (QED) is 0.154. The van der Waals surface area contributed by atoms with Crippen LogP contribution >= 0.6 is 0 Å². The number of hydrogen-bond acceptors (Lipinski definition) is 2. The summed E-state index contributed by atoms with van der Waals surface area (Å²) in [7, 11) is 0. The number of furan rings is 2. The molecule has 0 spiro atoms. The van der Waals surface area contributed by atoms with Crippen LogP contribution in [0.1, 0.15) is 50.7 Å². The van der Waals surface area contributed by atoms with Crippen LogP contribution in [0.3, 0.4) is 0 Å². The summed E-state index contributed by atoms with van der Waals surface area (Å²) >= 11 is 0. The second kappa shape index (κ2) is 12.7. The van der Waals surface area contributed by atoms with Crippen molar-refractivity contribution in [1.29, 1.82) is 0 Å². The number of hydrogen-bond donors (Lipinski definition) is 0. The van der Waals surface area contributed by atoms with Crippen LogP contribution in [0.15, 0.2) is 154 Å². The molecule has 0 saturated heterocycles. The van der Waals surface area contributed by atoms with Gasteiger partial charge in [0, 0.05) is 54.0 Å². The number of unbranched alkanes of at least 4 members (excludes halogenated alkanes) is 2. The third-order valence-electron chi connectivity index (χ3n) is 13.4. The zero-order valence-electron chi connectivity index (χ0n) is 33.8. The Bertz CT molecular complexity index is 3870. The summed E-state index contributed by atoms with van der Waals surface area (Å²) in [6.07, 6.45) is 6.93. The lowest BCUT2D eigenvalue weighted by atomic mass is 9.98. The third kappa shape index (κ3) is 4.62. The number of fused-ring (bicyclic) bond motifs is 16. The second-order valence-corrected chi connectivity index (χ2v) is 16.9. The molecule has 0 aliphatic heterocycles. The maximum absolute atomic E-state index is 6.81. The molecule has 0 fully saturated rings. The molecule has 0 N–H and O–H groups in total. The molecule has 8 aromatic carbocycles. The highest BCUT2D eigenvalue weighted by Gasteiger charge is 2.25. The van der Waals surface area contributed by atoms with Gasteiger partial charge in [0.2, 0.25) is 0 Å². The maximum Gasteiger partial charge on any atom is 0.143 e. The highest BCUT2D eigenvalue weighted by molar-refractivity contribution is 6.33. The van der Waals surface area contributed by atoms with Crippen molar-refractivity contribution in [1.82, 2.24) is 8.97 Å². The number of para-hydroxylation sites is 3. The fraction of sp³-hybridized carbons (Fsp3) is 0.143. The fourth-order valence-electron chi connectivity index (χ4n) is 10.6. The molecule has 13 rings (SSSR count). The number of rotatable bonds is 8. The van der Waals surface area contributed by atoms with Crippen LogP contribution in [0.5, 0.6) is 0 Å². The van der Waals surface area contributed by atoms with Crippen molar-refractivity contribution >= 4 is 104 Å². The molecule has 5 aromatic heterocycles. The molecule has 0 bridgehead atoms. The van der Waals surface area contributed by atoms with Crippen LogP contribution in [0.25, 0.3) is 121 Å². The van der Waals surface area contributed by atoms with Crippen molar-refractivity contribution in [2.75, 3.05) is 0 Å². The molecular formula is C56H42N2O2. The van der Waals surface area contributed by atoms with Crippen molar-refractivity contribution in [2.24, 2.45) is 0 Å². The minimum absolute atomic E-state index is 0.890. The third-order valence-corrected chi connectivity index (χ3v) is 13.4. The Kier molecular flexibility index (Phi) is 7.19. The number of aromatic nitrogens is 2. The average molecular weight is 775 g/mol. The van der Waals surface area contributed by atoms with Crippen LogP contribution in [-0.4, -0.2) is 8.97 Å². The molecule has 0 atom stereocenters. The van der Waals surface area contributed by atoms with Crippen LogP contribution < -0.4 is 0 Å². The highest BCUT2D eigenvalue weighted by atomic mass is 16.3. The van der Waals surface area contributed by atoms with Gasteiger partial charge in [0.15, 0.2) is 0 Å². The fourth-order valence-corrected chi connectivity index (χ4v) is 10.6. The zero-order chi connectivity index (χ0) is 39.6. The minimum Gasteiger partial charge on any atom is -0.456 e. The summed E-state index contributed by atoms with van der Waals surface area (Å²) in [5.41, 5.74) is 15.9. The van der Waals surface area contributed by atoms with Crippen molar-refractivity contribution < 1.29 is 8.83 Å². The van der Waals surface area contributed by atoms with Gasteiger partial charge in [-0.25, -0.2) is 0 Å². The van der Waals surface area contributed by atoms with Crippen LogP contribution in [-0.2, 0) is 12.8 Å². The number of nitrogens with zero attached hydrogens (tertiary/aromatic N) is 2. The first-order valence-electron chi connectivity index (χ1n) is 21.7. The Morgan fingerprint density at radius 2 is 1.13 bits per heavy atom. The molecule has 288 valence electrons. The molecule has 4 nitrogen and oxygen atoms in total. The Balaban J connectivity index is 1.13. The molecule has 60 heavy (non-hydrogen) atoms. The van der Waals surface area contributed by atoms with E-state index in [9.17, 15) is 0 Å². The Hall–Kier alpha value is -7.04. The summed E-state index contributed by atoms with van der Waals surface area (Å²) in [5, 5.41) is 12.3. The summed E-state index contributed by atoms with van der Waals surface area (Å²) in [6, 6.07) is 54.1. The Morgan fingerprint density at radius 1 is 0.433 bits per heavy atom. The minimum atomic E-state index is 0.890. The summed E-state index contributed by atoms with van der Waals surface area (Å²) < 4.78 is 18.3. The zero-order valence-corrected chi connectivity index (χ0v) is 33.8. The molecule has 0 amide bonds. The smallest absolute Gasteiger partial charge is 0.143 e. The van der Waals surface area contributed by atoms with Gasteiger partial charge in [0.1, 0.15) is 22.3 Å². The summed E-state index contributed by atoms with van der Waals surface area (Å²) in [4.78, 5) is 0. The van der Waals surface area contributed by atoms with Crippen LogP contribution in [0.2, 0.25) is 0 Å². The lowest BCUT2D eigenvalue weighted by molar-refractivity contribution is 0.668. The van der Waals surface area contributed by atoms with E-state index in [1.807, 2.05) is 0 Å². The van der Waals surface area contributed by atoms with E-state index >= 15 is 0 Å². The van der Waals surface area contributed by atoms with Gasteiger partial charge in [-0.05, 0) is 103 Å². The van der Waals surface area contributed by atoms with E-state index in [0.717, 1.165) is 73.7 Å². The largest absolute Gasteiger partial charge is 0.456 e. The molecule has 0 radical (unpaired) electrons. The van der Waals surface area contributed by atoms with E-state index in [1.165, 1.54) is 96.6 Å². The predicted molar refractivity (Wildman–Crippen MR) is 253 cm³/mol. The number of benzene rings is 8. The van der Waals surface area contributed by atoms with Crippen molar-refractivity contribution in [2.45, 2.75) is 52.4 Å². The van der Waals surface area contributed by atoms with Crippen LogP contribution in [0.4, 0.5) is 0 Å². The molecule has 0 unspecified atom stereocenters. The van der Waals surface area contributed by atoms with Gasteiger partial charge in [-0.2, -0.15) is 0 Å². The van der Waals surface area contributed by atoms with Crippen molar-refractivity contribution in [3.8, 4) is 16.8 Å². The van der Waals surface area contributed by atoms with E-state index in [0.29, 0.717) is 0 Å². The van der Waals surface area contributed by atoms with Gasteiger partial charge in [-0.15, -0.1) is 0 Å². The molecule has 0 saturated carbocycles. The SMILES string of the molecule is CCCCc1ccc2c(c1)oc1c(-c3ccc4c(c3)c3c5c6cccc7c8cc(CCCC)ccc8n(c5ccc3n4-c3cccc4oc5ccccc5c34)c76)cccc12. The van der Waals surface area contributed by atoms with Gasteiger partial charge < -0.3 is 17.8 Å². The molecule has 4 heteroatoms. The predicted octanol–water partition coefficient (Wildman–Crippen LogP) is 16.1. The van der Waals surface area contributed by atoms with E-state index in [4.69, 9.17) is 8.83 Å². The average Bonchev–Trinajstić information content (AvgIpc) is 4.09. The molecule has 5 heterocycles. The first kappa shape index (κ1) is 33.9. The van der Waals surface area contributed by atoms with Crippen molar-refractivity contribution in [3.05, 3.63) is 157 Å². The normalized spacial score (nSPS) is 12.6. The monoisotopic (exact) mass is 774 g/mol. The van der Waals surface area contributed by atoms with Gasteiger partial charge >= 0.3 is 0 Å². The first-order valence-corrected chi connectivity index (χ1v) is 21.7. The Morgan fingerprint density at radius 3 is 2.03 bits per heavy atom. The molecule has 13 aromatic rings. The van der Waals surface area contributed by atoms with Gasteiger partial charge in [0.25, 0.3) is 0 Å². The topological polar surface area (TPSA) is 35.6 Å². The maximum atomic E-state index is 6.81. The van der Waals surface area contributed by atoms with E-state index < -0.39 is 0 Å². The van der Waals surface area contributed by atoms with E-state index in [2.05, 4.69) is 168 Å². The van der Waals surface area contributed by atoms with Gasteiger partial charge in [-0.1, -0.05) is 112 Å². The lowest BCUT2D eigenvalue weighted by Crippen LogP contribution is -1.94. The van der Waals surface area contributed by atoms with E-state index in [1.54, 1.807) is 0 Å². The molecule has 0 aliphatic carbocycles. The standard InChI is InChI=1S/C56H42N2O2/c1-3-5-12-33-23-26-44-42(30-33)38-16-10-18-41-53-48(58(44)55(38)41)29-28-47-54(53)43-32-35(36-15-9-17-39-37-25-22-34(13-6-4-2)31-51(37)60-56(36)39)24-27-45(43)57(47)46-19-11-21-50-52(46)40-14-7-8-20-49(40)59-50/h7-11,14-32H,3-6,12-13H2,1-2H3. The van der Waals surface area contributed by atoms with Gasteiger partial charge in [-0.3, -0.25) is 0 Å². The molecule has 0 aliphatic rings. The summed E-state index contributed by atoms with van der Waals surface area (Å²) in [5.74, 6) is 0. The van der Waals surface area contributed by atoms with Crippen LogP contribution in [0, 0.1) is 0 Å². The lowest BCUT2D eigenvalue weighted by Gasteiger charge is -2.10. The van der Waals surface area contributed by atoms with Crippen molar-refractivity contribution in [3.63, 3.8) is 0 Å². The van der Waals surface area contributed by atoms with E-state index in [-0.39, 0.29) is 0 Å².